The number of benzene rings is 1. The number of likely N-dealkylation sites (tertiary alicyclic amines) is 1. The van der Waals surface area contributed by atoms with E-state index in [2.05, 4.69) is 5.32 Å². The normalized spacial score (nSPS) is 20.9. The SMILES string of the molecule is COc1ccc(C(=O)N2CCC(C(=O)NCC[C@H]3CCCCO3)CC2)cc1. The van der Waals surface area contributed by atoms with Crippen molar-refractivity contribution in [3.63, 3.8) is 0 Å². The van der Waals surface area contributed by atoms with E-state index >= 15 is 0 Å². The van der Waals surface area contributed by atoms with Crippen molar-refractivity contribution >= 4 is 11.8 Å². The number of methoxy groups -OCH3 is 1. The molecule has 2 aliphatic heterocycles. The Morgan fingerprint density at radius 3 is 2.52 bits per heavy atom. The Balaban J connectivity index is 1.39. The molecular weight excluding hydrogens is 344 g/mol. The van der Waals surface area contributed by atoms with Crippen LogP contribution in [0.5, 0.6) is 5.75 Å². The minimum absolute atomic E-state index is 0.00260. The summed E-state index contributed by atoms with van der Waals surface area (Å²) in [4.78, 5) is 26.8. The second kappa shape index (κ2) is 9.74. The molecule has 6 nitrogen and oxygen atoms in total. The smallest absolute Gasteiger partial charge is 0.253 e. The molecule has 1 aromatic carbocycles. The number of amides is 2. The van der Waals surface area contributed by atoms with Gasteiger partial charge in [-0.05, 0) is 62.8 Å². The van der Waals surface area contributed by atoms with Crippen molar-refractivity contribution in [1.29, 1.82) is 0 Å². The molecule has 148 valence electrons. The average molecular weight is 374 g/mol. The third-order valence-corrected chi connectivity index (χ3v) is 5.53. The van der Waals surface area contributed by atoms with Gasteiger partial charge in [-0.3, -0.25) is 9.59 Å². The highest BCUT2D eigenvalue weighted by atomic mass is 16.5. The fourth-order valence-corrected chi connectivity index (χ4v) is 3.80. The lowest BCUT2D eigenvalue weighted by molar-refractivity contribution is -0.126. The highest BCUT2D eigenvalue weighted by Crippen LogP contribution is 2.21. The van der Waals surface area contributed by atoms with Gasteiger partial charge in [0.1, 0.15) is 5.75 Å². The highest BCUT2D eigenvalue weighted by molar-refractivity contribution is 5.94. The van der Waals surface area contributed by atoms with E-state index in [1.165, 1.54) is 6.42 Å². The number of nitrogens with zero attached hydrogens (tertiary/aromatic N) is 1. The van der Waals surface area contributed by atoms with Crippen molar-refractivity contribution in [2.45, 2.75) is 44.6 Å². The molecule has 2 fully saturated rings. The number of carbonyl (C=O) groups excluding carboxylic acids is 2. The Bertz CT molecular complexity index is 618. The van der Waals surface area contributed by atoms with E-state index in [-0.39, 0.29) is 17.7 Å². The van der Waals surface area contributed by atoms with Crippen molar-refractivity contribution < 1.29 is 19.1 Å². The van der Waals surface area contributed by atoms with Gasteiger partial charge in [-0.25, -0.2) is 0 Å². The van der Waals surface area contributed by atoms with Crippen LogP contribution in [0.4, 0.5) is 0 Å². The molecule has 0 saturated carbocycles. The molecule has 1 atom stereocenters. The summed E-state index contributed by atoms with van der Waals surface area (Å²) >= 11 is 0. The Kier molecular flexibility index (Phi) is 7.10. The molecule has 2 aliphatic rings. The second-order valence-electron chi connectivity index (χ2n) is 7.36. The zero-order chi connectivity index (χ0) is 19.1. The topological polar surface area (TPSA) is 67.9 Å². The standard InChI is InChI=1S/C21H30N2O4/c1-26-18-7-5-17(6-8-18)21(25)23-13-10-16(11-14-23)20(24)22-12-9-19-4-2-3-15-27-19/h5-8,16,19H,2-4,9-15H2,1H3,(H,22,24)/t19-/m1/s1. The van der Waals surface area contributed by atoms with Crippen LogP contribution >= 0.6 is 0 Å². The maximum atomic E-state index is 12.6. The lowest BCUT2D eigenvalue weighted by atomic mass is 9.95. The number of ether oxygens (including phenoxy) is 2. The number of nitrogens with one attached hydrogen (secondary N) is 1. The van der Waals surface area contributed by atoms with Gasteiger partial charge in [-0.15, -0.1) is 0 Å². The van der Waals surface area contributed by atoms with Crippen molar-refractivity contribution in [3.05, 3.63) is 29.8 Å². The van der Waals surface area contributed by atoms with Gasteiger partial charge < -0.3 is 19.7 Å². The molecule has 2 amide bonds. The van der Waals surface area contributed by atoms with Gasteiger partial charge in [-0.1, -0.05) is 0 Å². The van der Waals surface area contributed by atoms with Crippen LogP contribution in [0.3, 0.4) is 0 Å². The van der Waals surface area contributed by atoms with Crippen LogP contribution in [-0.2, 0) is 9.53 Å². The van der Waals surface area contributed by atoms with E-state index in [4.69, 9.17) is 9.47 Å². The quantitative estimate of drug-likeness (QED) is 0.831. The second-order valence-corrected chi connectivity index (χ2v) is 7.36. The maximum Gasteiger partial charge on any atom is 0.253 e. The Morgan fingerprint density at radius 1 is 1.15 bits per heavy atom. The highest BCUT2D eigenvalue weighted by Gasteiger charge is 2.27. The summed E-state index contributed by atoms with van der Waals surface area (Å²) in [6, 6.07) is 7.16. The third kappa shape index (κ3) is 5.45. The van der Waals surface area contributed by atoms with E-state index in [9.17, 15) is 9.59 Å². The van der Waals surface area contributed by atoms with Gasteiger partial charge >= 0.3 is 0 Å². The molecule has 1 aromatic rings. The molecule has 1 N–H and O–H groups in total. The zero-order valence-electron chi connectivity index (χ0n) is 16.1. The number of carbonyl (C=O) groups is 2. The summed E-state index contributed by atoms with van der Waals surface area (Å²) in [7, 11) is 1.61. The maximum absolute atomic E-state index is 12.6. The van der Waals surface area contributed by atoms with Crippen LogP contribution in [0.15, 0.2) is 24.3 Å². The molecule has 2 heterocycles. The first-order valence-corrected chi connectivity index (χ1v) is 10.00. The first-order valence-electron chi connectivity index (χ1n) is 10.00. The minimum Gasteiger partial charge on any atom is -0.497 e. The molecule has 0 bridgehead atoms. The summed E-state index contributed by atoms with van der Waals surface area (Å²) in [5.74, 6) is 0.867. The van der Waals surface area contributed by atoms with Gasteiger partial charge in [0.15, 0.2) is 0 Å². The fraction of sp³-hybridized carbons (Fsp3) is 0.619. The molecule has 27 heavy (non-hydrogen) atoms. The number of hydrogen-bond donors (Lipinski definition) is 1. The van der Waals surface area contributed by atoms with Crippen molar-refractivity contribution in [3.8, 4) is 5.75 Å². The van der Waals surface area contributed by atoms with Crippen LogP contribution < -0.4 is 10.1 Å². The number of rotatable bonds is 6. The predicted molar refractivity (Wildman–Crippen MR) is 103 cm³/mol. The van der Waals surface area contributed by atoms with Crippen LogP contribution in [0.1, 0.15) is 48.9 Å². The fourth-order valence-electron chi connectivity index (χ4n) is 3.80. The van der Waals surface area contributed by atoms with Gasteiger partial charge in [-0.2, -0.15) is 0 Å². The summed E-state index contributed by atoms with van der Waals surface area (Å²) < 4.78 is 10.8. The van der Waals surface area contributed by atoms with Gasteiger partial charge in [0.25, 0.3) is 5.91 Å². The van der Waals surface area contributed by atoms with Crippen molar-refractivity contribution in [2.24, 2.45) is 5.92 Å². The molecule has 2 saturated heterocycles. The van der Waals surface area contributed by atoms with Crippen molar-refractivity contribution in [1.82, 2.24) is 10.2 Å². The largest absolute Gasteiger partial charge is 0.497 e. The first-order chi connectivity index (χ1) is 13.2. The zero-order valence-corrected chi connectivity index (χ0v) is 16.1. The first kappa shape index (κ1) is 19.7. The lowest BCUT2D eigenvalue weighted by Gasteiger charge is -2.31. The Labute approximate surface area is 161 Å². The molecule has 3 rings (SSSR count). The Morgan fingerprint density at radius 2 is 1.89 bits per heavy atom. The van der Waals surface area contributed by atoms with E-state index in [0.29, 0.717) is 44.1 Å². The van der Waals surface area contributed by atoms with E-state index in [1.807, 2.05) is 4.90 Å². The molecule has 6 heteroatoms. The third-order valence-electron chi connectivity index (χ3n) is 5.53. The number of hydrogen-bond acceptors (Lipinski definition) is 4. The van der Waals surface area contributed by atoms with E-state index < -0.39 is 0 Å². The molecule has 0 aromatic heterocycles. The molecule has 0 aliphatic carbocycles. The summed E-state index contributed by atoms with van der Waals surface area (Å²) in [5.41, 5.74) is 0.659. The molecule has 0 radical (unpaired) electrons. The summed E-state index contributed by atoms with van der Waals surface area (Å²) in [6.45, 7) is 2.76. The minimum atomic E-state index is -0.00260. The van der Waals surface area contributed by atoms with Gasteiger partial charge in [0, 0.05) is 37.7 Å². The van der Waals surface area contributed by atoms with Crippen LogP contribution in [-0.4, -0.2) is 56.2 Å². The molecule has 0 unspecified atom stereocenters. The summed E-state index contributed by atoms with van der Waals surface area (Å²) in [6.07, 6.45) is 6.09. The average Bonchev–Trinajstić information content (AvgIpc) is 2.74. The van der Waals surface area contributed by atoms with E-state index in [0.717, 1.165) is 31.6 Å². The van der Waals surface area contributed by atoms with Crippen LogP contribution in [0.25, 0.3) is 0 Å². The van der Waals surface area contributed by atoms with Gasteiger partial charge in [0.2, 0.25) is 5.91 Å². The van der Waals surface area contributed by atoms with Crippen molar-refractivity contribution in [2.75, 3.05) is 33.4 Å². The van der Waals surface area contributed by atoms with Crippen LogP contribution in [0.2, 0.25) is 0 Å². The molecular formula is C21H30N2O4. The Hall–Kier alpha value is -2.08. The lowest BCUT2D eigenvalue weighted by Crippen LogP contribution is -2.43. The number of piperidine rings is 1. The molecule has 0 spiro atoms. The van der Waals surface area contributed by atoms with E-state index in [1.54, 1.807) is 31.4 Å². The van der Waals surface area contributed by atoms with Gasteiger partial charge in [0.05, 0.1) is 13.2 Å². The monoisotopic (exact) mass is 374 g/mol. The predicted octanol–water partition coefficient (Wildman–Crippen LogP) is 2.62. The van der Waals surface area contributed by atoms with Crippen LogP contribution in [0, 0.1) is 5.92 Å². The summed E-state index contributed by atoms with van der Waals surface area (Å²) in [5, 5.41) is 3.05.